The smallest absolute Gasteiger partial charge is 0.333 e. The van der Waals surface area contributed by atoms with Gasteiger partial charge in [0.15, 0.2) is 0 Å². The van der Waals surface area contributed by atoms with Crippen molar-refractivity contribution in [2.75, 3.05) is 69.0 Å². The fraction of sp³-hybridized carbons (Fsp3) is 0.560. The Bertz CT molecular complexity index is 1240. The molecule has 2 heterocycles. The summed E-state index contributed by atoms with van der Waals surface area (Å²) in [6, 6.07) is -0.690. The van der Waals surface area contributed by atoms with E-state index in [4.69, 9.17) is 0 Å². The molecule has 0 atom stereocenters. The summed E-state index contributed by atoms with van der Waals surface area (Å²) in [4.78, 5) is 65.3. The van der Waals surface area contributed by atoms with Crippen LogP contribution < -0.4 is 11.2 Å². The number of carbonyl (C=O) groups excluding carboxylic acids is 3. The van der Waals surface area contributed by atoms with Crippen molar-refractivity contribution in [1.29, 1.82) is 0 Å². The molecule has 1 aliphatic rings. The number of carbonyl (C=O) groups is 3. The fourth-order valence-corrected chi connectivity index (χ4v) is 3.89. The third kappa shape index (κ3) is 7.26. The molecule has 0 spiro atoms. The number of likely N-dealkylation sites (N-methyl/N-ethyl adjacent to an activating group) is 1. The topological polar surface area (TPSA) is 122 Å². The summed E-state index contributed by atoms with van der Waals surface area (Å²) in [5.74, 6) is -1.97. The number of hydrogen-bond donors (Lipinski definition) is 1. The molecule has 4 amide bonds. The van der Waals surface area contributed by atoms with Crippen molar-refractivity contribution in [1.82, 2.24) is 18.9 Å². The van der Waals surface area contributed by atoms with Gasteiger partial charge in [0, 0.05) is 40.0 Å². The Morgan fingerprint density at radius 1 is 0.811 bits per heavy atom. The van der Waals surface area contributed by atoms with Crippen LogP contribution in [0.5, 0.6) is 5.88 Å². The molecule has 0 radical (unpaired) electrons. The minimum Gasteiger partial charge on any atom is -0.494 e. The van der Waals surface area contributed by atoms with Crippen molar-refractivity contribution in [3.05, 3.63) is 44.1 Å². The van der Waals surface area contributed by atoms with Crippen molar-refractivity contribution in [3.8, 4) is 5.88 Å². The molecule has 1 N–H and O–H groups in total. The second-order valence-electron chi connectivity index (χ2n) is 11.3. The van der Waals surface area contributed by atoms with Gasteiger partial charge in [-0.3, -0.25) is 33.3 Å². The largest absolute Gasteiger partial charge is 0.494 e. The van der Waals surface area contributed by atoms with Crippen molar-refractivity contribution in [2.24, 2.45) is 7.05 Å². The summed E-state index contributed by atoms with van der Waals surface area (Å²) >= 11 is 0. The van der Waals surface area contributed by atoms with Crippen molar-refractivity contribution < 1.29 is 28.5 Å². The lowest BCUT2D eigenvalue weighted by Gasteiger charge is -2.32. The minimum absolute atomic E-state index is 0.149. The summed E-state index contributed by atoms with van der Waals surface area (Å²) in [7, 11) is 14.6. The van der Waals surface area contributed by atoms with Crippen LogP contribution in [0, 0.1) is 0 Å². The number of barbiturate groups is 1. The van der Waals surface area contributed by atoms with E-state index >= 15 is 0 Å². The first kappa shape index (κ1) is 29.7. The standard InChI is InChI=1S/C25H39N6O6/c1-26-20(32)18(22(34)28(24(26)36)14-10-16-30(3,4)5)12-9-13-19-21(33)27(2)25(37)29(23(19)35)15-11-17-31(6,7)8/h9,12-13H,10-11,14-17H2,1-8H3/q+1/p+1. The highest BCUT2D eigenvalue weighted by Gasteiger charge is 2.39. The van der Waals surface area contributed by atoms with E-state index in [-0.39, 0.29) is 24.2 Å². The third-order valence-corrected chi connectivity index (χ3v) is 6.02. The summed E-state index contributed by atoms with van der Waals surface area (Å²) < 4.78 is 3.36. The molecule has 37 heavy (non-hydrogen) atoms. The number of aromatic nitrogens is 2. The molecule has 204 valence electrons. The van der Waals surface area contributed by atoms with Gasteiger partial charge in [-0.1, -0.05) is 6.08 Å². The minimum atomic E-state index is -0.759. The van der Waals surface area contributed by atoms with Crippen molar-refractivity contribution in [2.45, 2.75) is 19.4 Å². The lowest BCUT2D eigenvalue weighted by Crippen LogP contribution is -2.55. The van der Waals surface area contributed by atoms with Gasteiger partial charge in [0.2, 0.25) is 5.88 Å². The molecule has 2 rings (SSSR count). The van der Waals surface area contributed by atoms with Crippen LogP contribution in [0.2, 0.25) is 0 Å². The molecule has 1 aromatic heterocycles. The number of nitrogens with zero attached hydrogens (tertiary/aromatic N) is 6. The van der Waals surface area contributed by atoms with Crippen molar-refractivity contribution in [3.63, 3.8) is 0 Å². The zero-order chi connectivity index (χ0) is 28.3. The molecule has 0 saturated carbocycles. The average molecular weight is 521 g/mol. The SMILES string of the molecule is CN1C(=O)C(=CC=Cc2c(O)n(CCC[N+](C)(C)C)c(=O)n(C)c2=O)C(=O)N(CCC[N+](C)(C)C)C1=O. The molecule has 12 heteroatoms. The third-order valence-electron chi connectivity index (χ3n) is 6.02. The van der Waals surface area contributed by atoms with Crippen LogP contribution in [0.3, 0.4) is 0 Å². The molecule has 12 nitrogen and oxygen atoms in total. The molecule has 0 bridgehead atoms. The van der Waals surface area contributed by atoms with Gasteiger partial charge in [0.1, 0.15) is 11.1 Å². The van der Waals surface area contributed by atoms with Crippen LogP contribution in [0.1, 0.15) is 18.4 Å². The molecule has 1 saturated heterocycles. The molecular formula is C25H40N6O6+2. The Hall–Kier alpha value is -3.51. The highest BCUT2D eigenvalue weighted by Crippen LogP contribution is 2.18. The van der Waals surface area contributed by atoms with Gasteiger partial charge in [-0.25, -0.2) is 9.59 Å². The highest BCUT2D eigenvalue weighted by molar-refractivity contribution is 6.28. The van der Waals surface area contributed by atoms with E-state index < -0.39 is 35.0 Å². The molecule has 0 aromatic carbocycles. The predicted octanol–water partition coefficient (Wildman–Crippen LogP) is -0.195. The number of hydrogen-bond acceptors (Lipinski definition) is 6. The first-order valence-corrected chi connectivity index (χ1v) is 12.1. The van der Waals surface area contributed by atoms with Crippen molar-refractivity contribution >= 4 is 23.9 Å². The van der Waals surface area contributed by atoms with E-state index in [0.717, 1.165) is 32.0 Å². The Kier molecular flexibility index (Phi) is 9.04. The number of aromatic hydroxyl groups is 1. The van der Waals surface area contributed by atoms with Gasteiger partial charge < -0.3 is 14.1 Å². The summed E-state index contributed by atoms with van der Waals surface area (Å²) in [6.07, 6.45) is 4.91. The van der Waals surface area contributed by atoms with Gasteiger partial charge in [-0.15, -0.1) is 0 Å². The molecule has 0 unspecified atom stereocenters. The predicted molar refractivity (Wildman–Crippen MR) is 140 cm³/mol. The van der Waals surface area contributed by atoms with E-state index in [1.807, 2.05) is 42.3 Å². The average Bonchev–Trinajstić information content (AvgIpc) is 2.78. The number of allylic oxidation sites excluding steroid dienone is 2. The van der Waals surface area contributed by atoms with Crippen LogP contribution in [-0.2, 0) is 23.2 Å². The van der Waals surface area contributed by atoms with Gasteiger partial charge in [-0.2, -0.15) is 0 Å². The zero-order valence-electron chi connectivity index (χ0n) is 23.1. The second-order valence-corrected chi connectivity index (χ2v) is 11.3. The number of quaternary nitrogens is 2. The van der Waals surface area contributed by atoms with Gasteiger partial charge in [0.25, 0.3) is 17.4 Å². The van der Waals surface area contributed by atoms with Gasteiger partial charge in [-0.05, 0) is 12.2 Å². The number of urea groups is 1. The molecule has 1 aliphatic heterocycles. The maximum absolute atomic E-state index is 13.0. The normalized spacial score (nSPS) is 16.5. The van der Waals surface area contributed by atoms with Crippen LogP contribution >= 0.6 is 0 Å². The number of imide groups is 2. The van der Waals surface area contributed by atoms with Crippen LogP contribution in [0.4, 0.5) is 4.79 Å². The maximum atomic E-state index is 13.0. The van der Waals surface area contributed by atoms with E-state index in [2.05, 4.69) is 0 Å². The number of amides is 4. The summed E-state index contributed by atoms with van der Waals surface area (Å²) in [6.45, 7) is 1.84. The molecule has 1 aromatic rings. The molecule has 0 aliphatic carbocycles. The van der Waals surface area contributed by atoms with Crippen LogP contribution in [0.15, 0.2) is 27.3 Å². The molecule has 1 fully saturated rings. The second kappa shape index (κ2) is 11.3. The Morgan fingerprint density at radius 3 is 1.89 bits per heavy atom. The first-order chi connectivity index (χ1) is 17.0. The zero-order valence-corrected chi connectivity index (χ0v) is 23.1. The van der Waals surface area contributed by atoms with Crippen LogP contribution in [-0.4, -0.2) is 120 Å². The van der Waals surface area contributed by atoms with E-state index in [0.29, 0.717) is 21.8 Å². The van der Waals surface area contributed by atoms with E-state index in [1.54, 1.807) is 0 Å². The fourth-order valence-electron chi connectivity index (χ4n) is 3.89. The Morgan fingerprint density at radius 2 is 1.35 bits per heavy atom. The van der Waals surface area contributed by atoms with E-state index in [9.17, 15) is 29.1 Å². The maximum Gasteiger partial charge on any atom is 0.333 e. The highest BCUT2D eigenvalue weighted by atomic mass is 16.3. The summed E-state index contributed by atoms with van der Waals surface area (Å²) in [5.41, 5.74) is -1.74. The summed E-state index contributed by atoms with van der Waals surface area (Å²) in [5, 5.41) is 10.7. The van der Waals surface area contributed by atoms with Gasteiger partial charge in [0.05, 0.1) is 55.4 Å². The van der Waals surface area contributed by atoms with Gasteiger partial charge >= 0.3 is 11.7 Å². The van der Waals surface area contributed by atoms with E-state index in [1.165, 1.54) is 32.3 Å². The lowest BCUT2D eigenvalue weighted by molar-refractivity contribution is -0.870. The Labute approximate surface area is 217 Å². The monoisotopic (exact) mass is 520 g/mol. The quantitative estimate of drug-likeness (QED) is 0.259. The first-order valence-electron chi connectivity index (χ1n) is 12.1. The number of rotatable bonds is 10. The van der Waals surface area contributed by atoms with Crippen LogP contribution in [0.25, 0.3) is 6.08 Å². The lowest BCUT2D eigenvalue weighted by atomic mass is 10.1. The molecular weight excluding hydrogens is 480 g/mol. The Balaban J connectivity index is 2.36.